The summed E-state index contributed by atoms with van der Waals surface area (Å²) in [6.07, 6.45) is 6.83. The Morgan fingerprint density at radius 2 is 1.45 bits per heavy atom. The van der Waals surface area contributed by atoms with E-state index in [-0.39, 0.29) is 35.9 Å². The maximum atomic E-state index is 13.7. The van der Waals surface area contributed by atoms with Gasteiger partial charge in [-0.05, 0) is 46.1 Å². The number of amides is 1. The Hall–Kier alpha value is -4.96. The van der Waals surface area contributed by atoms with Gasteiger partial charge >= 0.3 is 5.97 Å². The molecular weight excluding hydrogens is 635 g/mol. The number of nitrogens with one attached hydrogen (secondary N) is 2. The number of thiophene rings is 1. The predicted molar refractivity (Wildman–Crippen MR) is 193 cm³/mol. The maximum absolute atomic E-state index is 13.7. The van der Waals surface area contributed by atoms with Crippen LogP contribution in [0.3, 0.4) is 0 Å². The molecule has 2 atom stereocenters. The van der Waals surface area contributed by atoms with E-state index in [0.717, 1.165) is 27.1 Å². The molecule has 1 amide bonds. The zero-order valence-corrected chi connectivity index (χ0v) is 29.6. The molecule has 9 nitrogen and oxygen atoms in total. The van der Waals surface area contributed by atoms with Crippen molar-refractivity contribution in [1.29, 1.82) is 0 Å². The lowest BCUT2D eigenvalue weighted by Crippen LogP contribution is -2.45. The third-order valence-corrected chi connectivity index (χ3v) is 10.00. The number of hydrogen-bond acceptors (Lipinski definition) is 7. The molecule has 0 aliphatic rings. The summed E-state index contributed by atoms with van der Waals surface area (Å²) in [5, 5.41) is 12.5. The van der Waals surface area contributed by atoms with Crippen LogP contribution in [0.15, 0.2) is 85.6 Å². The Kier molecular flexibility index (Phi) is 10.6. The molecular formula is C39H43N5O4S. The van der Waals surface area contributed by atoms with Crippen LogP contribution in [0.2, 0.25) is 0 Å². The molecule has 0 spiro atoms. The third kappa shape index (κ3) is 9.14. The Balaban J connectivity index is 1.32. The van der Waals surface area contributed by atoms with Gasteiger partial charge in [0.2, 0.25) is 5.91 Å². The van der Waals surface area contributed by atoms with Gasteiger partial charge in [-0.1, -0.05) is 90.1 Å². The van der Waals surface area contributed by atoms with Gasteiger partial charge in [-0.2, -0.15) is 0 Å². The Labute approximate surface area is 291 Å². The number of carboxylic acids is 1. The molecule has 3 aromatic heterocycles. The van der Waals surface area contributed by atoms with E-state index in [1.165, 1.54) is 29.4 Å². The summed E-state index contributed by atoms with van der Waals surface area (Å²) in [5.41, 5.74) is 5.42. The summed E-state index contributed by atoms with van der Waals surface area (Å²) in [5.74, 6) is -2.03. The summed E-state index contributed by atoms with van der Waals surface area (Å²) < 4.78 is 0. The van der Waals surface area contributed by atoms with Gasteiger partial charge in [0, 0.05) is 59.0 Å². The molecule has 0 radical (unpaired) electrons. The van der Waals surface area contributed by atoms with Crippen molar-refractivity contribution in [3.8, 4) is 22.5 Å². The number of ketones is 1. The van der Waals surface area contributed by atoms with Gasteiger partial charge in [0.05, 0.1) is 11.2 Å². The van der Waals surface area contributed by atoms with Crippen molar-refractivity contribution in [3.63, 3.8) is 0 Å². The average Bonchev–Trinajstić information content (AvgIpc) is 3.77. The largest absolute Gasteiger partial charge is 0.480 e. The molecule has 10 heteroatoms. The number of aromatic amines is 1. The first-order valence-electron chi connectivity index (χ1n) is 16.3. The number of carboxylic acid groups (broad SMARTS) is 1. The molecule has 3 heterocycles. The molecule has 5 aromatic rings. The fourth-order valence-corrected chi connectivity index (χ4v) is 6.45. The highest BCUT2D eigenvalue weighted by Gasteiger charge is 2.29. The second-order valence-corrected chi connectivity index (χ2v) is 15.5. The second kappa shape index (κ2) is 14.7. The van der Waals surface area contributed by atoms with E-state index in [1.54, 1.807) is 0 Å². The van der Waals surface area contributed by atoms with Crippen LogP contribution in [0.4, 0.5) is 0 Å². The highest BCUT2D eigenvalue weighted by atomic mass is 32.1. The summed E-state index contributed by atoms with van der Waals surface area (Å²) >= 11 is 1.43. The molecule has 0 unspecified atom stereocenters. The SMILES string of the molecule is CC(C)(C)c1ccc(-c2cnc(-c3ccc(C[C@H](CC(=O)c4ccc(C(C)(C)C)s4)C(=O)N[C@H](Cc4cnc[nH]4)C(=O)O)cc3)nc2)cc1. The van der Waals surface area contributed by atoms with Crippen LogP contribution in [0.25, 0.3) is 22.5 Å². The summed E-state index contributed by atoms with van der Waals surface area (Å²) in [6.45, 7) is 12.8. The van der Waals surface area contributed by atoms with E-state index in [9.17, 15) is 19.5 Å². The number of carbonyl (C=O) groups excluding carboxylic acids is 2. The zero-order chi connectivity index (χ0) is 35.3. The number of rotatable bonds is 12. The van der Waals surface area contributed by atoms with Crippen molar-refractivity contribution >= 4 is 29.0 Å². The van der Waals surface area contributed by atoms with Crippen LogP contribution in [0.1, 0.15) is 79.3 Å². The summed E-state index contributed by atoms with van der Waals surface area (Å²) in [4.78, 5) is 56.9. The molecule has 0 saturated carbocycles. The summed E-state index contributed by atoms with van der Waals surface area (Å²) in [6, 6.07) is 18.6. The number of carbonyl (C=O) groups is 3. The summed E-state index contributed by atoms with van der Waals surface area (Å²) in [7, 11) is 0. The lowest BCUT2D eigenvalue weighted by molar-refractivity contribution is -0.142. The number of aromatic nitrogens is 4. The van der Waals surface area contributed by atoms with Crippen molar-refractivity contribution in [2.24, 2.45) is 5.92 Å². The van der Waals surface area contributed by atoms with Gasteiger partial charge < -0.3 is 15.4 Å². The minimum atomic E-state index is -1.18. The van der Waals surface area contributed by atoms with Gasteiger partial charge in [-0.25, -0.2) is 19.7 Å². The molecule has 0 fully saturated rings. The van der Waals surface area contributed by atoms with E-state index in [4.69, 9.17) is 0 Å². The molecule has 5 rings (SSSR count). The molecule has 3 N–H and O–H groups in total. The number of benzene rings is 2. The highest BCUT2D eigenvalue weighted by Crippen LogP contribution is 2.31. The Bertz CT molecular complexity index is 1880. The fraction of sp³-hybridized carbons (Fsp3) is 0.333. The first-order valence-corrected chi connectivity index (χ1v) is 17.2. The quantitative estimate of drug-likeness (QED) is 0.117. The predicted octanol–water partition coefficient (Wildman–Crippen LogP) is 7.43. The van der Waals surface area contributed by atoms with Crippen molar-refractivity contribution in [1.82, 2.24) is 25.3 Å². The molecule has 0 bridgehead atoms. The lowest BCUT2D eigenvalue weighted by Gasteiger charge is -2.20. The van der Waals surface area contributed by atoms with Gasteiger partial charge in [-0.3, -0.25) is 9.59 Å². The van der Waals surface area contributed by atoms with Crippen LogP contribution in [-0.4, -0.2) is 48.7 Å². The van der Waals surface area contributed by atoms with Gasteiger partial charge in [-0.15, -0.1) is 11.3 Å². The standard InChI is InChI=1S/C39H43N5O4S/c1-38(2,3)29-13-11-25(12-14-29)28-20-41-35(42-21-28)26-9-7-24(8-10-26)17-27(18-32(45)33-15-16-34(49-33)39(4,5)6)36(46)44-31(37(47)48)19-30-22-40-23-43-30/h7-16,20-23,27,31H,17-19H2,1-6H3,(H,40,43)(H,44,46)(H,47,48)/t27-,31-/m1/s1. The minimum Gasteiger partial charge on any atom is -0.480 e. The first kappa shape index (κ1) is 35.3. The number of nitrogens with zero attached hydrogens (tertiary/aromatic N) is 3. The second-order valence-electron chi connectivity index (χ2n) is 14.4. The topological polar surface area (TPSA) is 138 Å². The molecule has 0 saturated heterocycles. The van der Waals surface area contributed by atoms with Gasteiger partial charge in [0.1, 0.15) is 6.04 Å². The molecule has 0 aliphatic carbocycles. The fourth-order valence-electron chi connectivity index (χ4n) is 5.44. The number of imidazole rings is 1. The smallest absolute Gasteiger partial charge is 0.326 e. The van der Waals surface area contributed by atoms with E-state index in [1.807, 2.05) is 48.8 Å². The third-order valence-electron chi connectivity index (χ3n) is 8.45. The lowest BCUT2D eigenvalue weighted by atomic mass is 9.86. The van der Waals surface area contributed by atoms with E-state index < -0.39 is 23.8 Å². The van der Waals surface area contributed by atoms with Crippen LogP contribution in [-0.2, 0) is 33.3 Å². The monoisotopic (exact) mass is 677 g/mol. The maximum Gasteiger partial charge on any atom is 0.326 e. The highest BCUT2D eigenvalue weighted by molar-refractivity contribution is 7.14. The normalized spacial score (nSPS) is 13.1. The molecule has 254 valence electrons. The zero-order valence-electron chi connectivity index (χ0n) is 28.8. The van der Waals surface area contributed by atoms with Crippen molar-refractivity contribution in [2.75, 3.05) is 0 Å². The average molecular weight is 678 g/mol. The molecule has 2 aromatic carbocycles. The van der Waals surface area contributed by atoms with Crippen LogP contribution < -0.4 is 5.32 Å². The Morgan fingerprint density at radius 1 is 0.796 bits per heavy atom. The number of aliphatic carboxylic acids is 1. The van der Waals surface area contributed by atoms with Crippen molar-refractivity contribution in [2.45, 2.75) is 77.7 Å². The van der Waals surface area contributed by atoms with Gasteiger partial charge in [0.15, 0.2) is 11.6 Å². The number of Topliss-reactive ketones (excluding diaryl/α,β-unsaturated/α-hetero) is 1. The van der Waals surface area contributed by atoms with E-state index >= 15 is 0 Å². The van der Waals surface area contributed by atoms with Crippen molar-refractivity contribution in [3.05, 3.63) is 112 Å². The van der Waals surface area contributed by atoms with Crippen LogP contribution >= 0.6 is 11.3 Å². The number of hydrogen-bond donors (Lipinski definition) is 3. The number of H-pyrrole nitrogens is 1. The van der Waals surface area contributed by atoms with Crippen LogP contribution in [0.5, 0.6) is 0 Å². The van der Waals surface area contributed by atoms with Crippen molar-refractivity contribution < 1.29 is 19.5 Å². The minimum absolute atomic E-state index is 0.0390. The van der Waals surface area contributed by atoms with Gasteiger partial charge in [0.25, 0.3) is 0 Å². The van der Waals surface area contributed by atoms with E-state index in [0.29, 0.717) is 16.4 Å². The first-order chi connectivity index (χ1) is 23.2. The van der Waals surface area contributed by atoms with E-state index in [2.05, 4.69) is 91.1 Å². The molecule has 49 heavy (non-hydrogen) atoms. The van der Waals surface area contributed by atoms with Crippen LogP contribution in [0, 0.1) is 5.92 Å². The molecule has 0 aliphatic heterocycles. The Morgan fingerprint density at radius 3 is 2.00 bits per heavy atom.